The fourth-order valence-electron chi connectivity index (χ4n) is 5.59. The average molecular weight is 286 g/mol. The summed E-state index contributed by atoms with van der Waals surface area (Å²) in [5, 5.41) is 10.4. The smallest absolute Gasteiger partial charge is 0.229 e. The van der Waals surface area contributed by atoms with E-state index in [1.165, 1.54) is 6.08 Å². The highest BCUT2D eigenvalue weighted by Crippen LogP contribution is 2.60. The topological polar surface area (TPSA) is 54.4 Å². The molecule has 0 bridgehead atoms. The zero-order chi connectivity index (χ0) is 14.8. The first-order chi connectivity index (χ1) is 10.0. The van der Waals surface area contributed by atoms with Crippen molar-refractivity contribution in [2.24, 2.45) is 23.2 Å². The summed E-state index contributed by atoms with van der Waals surface area (Å²) in [5.41, 5.74) is 1.99. The highest BCUT2D eigenvalue weighted by Gasteiger charge is 2.55. The highest BCUT2D eigenvalue weighted by atomic mass is 16.3. The van der Waals surface area contributed by atoms with Crippen LogP contribution in [0.2, 0.25) is 0 Å². The molecule has 4 aliphatic carbocycles. The second-order valence-electron chi connectivity index (χ2n) is 7.51. The van der Waals surface area contributed by atoms with E-state index in [0.717, 1.165) is 49.7 Å². The Morgan fingerprint density at radius 2 is 1.95 bits per heavy atom. The van der Waals surface area contributed by atoms with Crippen molar-refractivity contribution in [2.75, 3.05) is 0 Å². The van der Waals surface area contributed by atoms with E-state index in [-0.39, 0.29) is 23.1 Å². The lowest BCUT2D eigenvalue weighted by Crippen LogP contribution is -2.45. The van der Waals surface area contributed by atoms with Crippen LogP contribution in [0, 0.1) is 23.2 Å². The Morgan fingerprint density at radius 1 is 1.14 bits per heavy atom. The number of carbonyl (C=O) groups is 2. The van der Waals surface area contributed by atoms with Crippen molar-refractivity contribution in [1.29, 1.82) is 0 Å². The van der Waals surface area contributed by atoms with Gasteiger partial charge in [-0.25, -0.2) is 0 Å². The number of aliphatic hydroxyl groups is 1. The van der Waals surface area contributed by atoms with Gasteiger partial charge in [0.25, 0.3) is 0 Å². The summed E-state index contributed by atoms with van der Waals surface area (Å²) in [7, 11) is 0. The molecule has 5 atom stereocenters. The van der Waals surface area contributed by atoms with E-state index in [0.29, 0.717) is 17.8 Å². The standard InChI is InChI=1S/C18H22O3/c1-18-9-8-11-10-4-6-15(19)17(21)13(10)3-2-12(11)14(18)5-7-16(18)20/h4,6,11-12,14,16,20H,2-3,5,7-9H2,1H3/t11-,12-,14+,16?,18+/m1/s1. The van der Waals surface area contributed by atoms with E-state index in [1.54, 1.807) is 0 Å². The minimum atomic E-state index is -0.357. The Hall–Kier alpha value is -1.22. The van der Waals surface area contributed by atoms with Gasteiger partial charge in [-0.05, 0) is 73.3 Å². The summed E-state index contributed by atoms with van der Waals surface area (Å²) in [6, 6.07) is 0. The van der Waals surface area contributed by atoms with Gasteiger partial charge in [-0.15, -0.1) is 0 Å². The van der Waals surface area contributed by atoms with E-state index in [2.05, 4.69) is 6.92 Å². The zero-order valence-corrected chi connectivity index (χ0v) is 12.5. The fourth-order valence-corrected chi connectivity index (χ4v) is 5.59. The molecule has 0 aliphatic heterocycles. The number of allylic oxidation sites excluding steroid dienone is 4. The number of Topliss-reactive ketones (excluding diaryl/α,β-unsaturated/α-hetero) is 1. The van der Waals surface area contributed by atoms with Gasteiger partial charge in [0, 0.05) is 5.57 Å². The van der Waals surface area contributed by atoms with Crippen molar-refractivity contribution in [3.63, 3.8) is 0 Å². The predicted octanol–water partition coefficient (Wildman–Crippen LogP) is 2.59. The lowest BCUT2D eigenvalue weighted by molar-refractivity contribution is -0.132. The maximum Gasteiger partial charge on any atom is 0.229 e. The second-order valence-corrected chi connectivity index (χ2v) is 7.51. The van der Waals surface area contributed by atoms with Crippen molar-refractivity contribution in [3.05, 3.63) is 23.3 Å². The van der Waals surface area contributed by atoms with Crippen LogP contribution < -0.4 is 0 Å². The summed E-state index contributed by atoms with van der Waals surface area (Å²) >= 11 is 0. The molecule has 0 aromatic rings. The molecule has 2 saturated carbocycles. The summed E-state index contributed by atoms with van der Waals surface area (Å²) in [5.74, 6) is 0.937. The number of rotatable bonds is 0. The van der Waals surface area contributed by atoms with Crippen molar-refractivity contribution in [2.45, 2.75) is 51.6 Å². The lowest BCUT2D eigenvalue weighted by Gasteiger charge is -2.50. The molecular weight excluding hydrogens is 264 g/mol. The Bertz CT molecular complexity index is 585. The van der Waals surface area contributed by atoms with Gasteiger partial charge in [0.05, 0.1) is 6.10 Å². The molecule has 112 valence electrons. The van der Waals surface area contributed by atoms with Crippen LogP contribution in [0.1, 0.15) is 45.4 Å². The Balaban J connectivity index is 1.71. The van der Waals surface area contributed by atoms with E-state index in [1.807, 2.05) is 6.08 Å². The Morgan fingerprint density at radius 3 is 2.76 bits per heavy atom. The predicted molar refractivity (Wildman–Crippen MR) is 78.5 cm³/mol. The van der Waals surface area contributed by atoms with E-state index in [9.17, 15) is 14.7 Å². The van der Waals surface area contributed by atoms with Crippen LogP contribution >= 0.6 is 0 Å². The summed E-state index contributed by atoms with van der Waals surface area (Å²) in [6.07, 6.45) is 9.06. The lowest BCUT2D eigenvalue weighted by atomic mass is 9.54. The molecular formula is C18H22O3. The molecule has 0 spiro atoms. The maximum absolute atomic E-state index is 12.1. The van der Waals surface area contributed by atoms with Crippen molar-refractivity contribution < 1.29 is 14.7 Å². The normalized spacial score (nSPS) is 45.4. The van der Waals surface area contributed by atoms with Crippen LogP contribution in [-0.4, -0.2) is 22.8 Å². The number of aliphatic hydroxyl groups excluding tert-OH is 1. The van der Waals surface area contributed by atoms with Gasteiger partial charge in [-0.1, -0.05) is 13.0 Å². The quantitative estimate of drug-likeness (QED) is 0.550. The van der Waals surface area contributed by atoms with Crippen LogP contribution in [0.5, 0.6) is 0 Å². The average Bonchev–Trinajstić information content (AvgIpc) is 2.78. The molecule has 0 aromatic heterocycles. The van der Waals surface area contributed by atoms with Gasteiger partial charge in [0.2, 0.25) is 11.6 Å². The van der Waals surface area contributed by atoms with Crippen LogP contribution in [0.3, 0.4) is 0 Å². The largest absolute Gasteiger partial charge is 0.393 e. The third kappa shape index (κ3) is 1.70. The van der Waals surface area contributed by atoms with Gasteiger partial charge in [-0.3, -0.25) is 9.59 Å². The van der Waals surface area contributed by atoms with Gasteiger partial charge in [0.1, 0.15) is 0 Å². The van der Waals surface area contributed by atoms with Crippen LogP contribution in [0.15, 0.2) is 23.3 Å². The highest BCUT2D eigenvalue weighted by molar-refractivity contribution is 6.48. The molecule has 1 unspecified atom stereocenters. The summed E-state index contributed by atoms with van der Waals surface area (Å²) in [4.78, 5) is 23.7. The molecule has 4 aliphatic rings. The molecule has 3 nitrogen and oxygen atoms in total. The zero-order valence-electron chi connectivity index (χ0n) is 12.5. The fraction of sp³-hybridized carbons (Fsp3) is 0.667. The van der Waals surface area contributed by atoms with Crippen molar-refractivity contribution in [1.82, 2.24) is 0 Å². The monoisotopic (exact) mass is 286 g/mol. The minimum Gasteiger partial charge on any atom is -0.393 e. The molecule has 21 heavy (non-hydrogen) atoms. The van der Waals surface area contributed by atoms with E-state index in [4.69, 9.17) is 0 Å². The first-order valence-electron chi connectivity index (χ1n) is 8.20. The molecule has 0 radical (unpaired) electrons. The van der Waals surface area contributed by atoms with Crippen LogP contribution in [-0.2, 0) is 9.59 Å². The first-order valence-corrected chi connectivity index (χ1v) is 8.20. The van der Waals surface area contributed by atoms with Crippen molar-refractivity contribution in [3.8, 4) is 0 Å². The number of carbonyl (C=O) groups excluding carboxylic acids is 2. The molecule has 2 fully saturated rings. The third-order valence-corrected chi connectivity index (χ3v) is 6.77. The van der Waals surface area contributed by atoms with Crippen LogP contribution in [0.4, 0.5) is 0 Å². The number of ketones is 2. The molecule has 1 N–H and O–H groups in total. The molecule has 4 rings (SSSR count). The molecule has 0 aromatic carbocycles. The second kappa shape index (κ2) is 4.39. The SMILES string of the molecule is C[C@]12CC[C@@H]3C4=C(CC[C@H]3[C@@H]1CCC2O)C(=O)C(=O)C=C4. The summed E-state index contributed by atoms with van der Waals surface area (Å²) in [6.45, 7) is 2.25. The Kier molecular flexibility index (Phi) is 2.81. The number of fused-ring (bicyclic) bond motifs is 4. The van der Waals surface area contributed by atoms with E-state index < -0.39 is 0 Å². The molecule has 3 heteroatoms. The molecule has 0 saturated heterocycles. The Labute approximate surface area is 125 Å². The molecule has 0 heterocycles. The maximum atomic E-state index is 12.1. The van der Waals surface area contributed by atoms with Crippen molar-refractivity contribution >= 4 is 11.6 Å². The summed E-state index contributed by atoms with van der Waals surface area (Å²) < 4.78 is 0. The number of hydrogen-bond acceptors (Lipinski definition) is 3. The molecule has 0 amide bonds. The van der Waals surface area contributed by atoms with Gasteiger partial charge in [-0.2, -0.15) is 0 Å². The number of hydrogen-bond donors (Lipinski definition) is 1. The van der Waals surface area contributed by atoms with Gasteiger partial charge < -0.3 is 5.11 Å². The third-order valence-electron chi connectivity index (χ3n) is 6.77. The van der Waals surface area contributed by atoms with Crippen LogP contribution in [0.25, 0.3) is 0 Å². The van der Waals surface area contributed by atoms with E-state index >= 15 is 0 Å². The first kappa shape index (κ1) is 13.4. The minimum absolute atomic E-state index is 0.0669. The van der Waals surface area contributed by atoms with Gasteiger partial charge >= 0.3 is 0 Å². The van der Waals surface area contributed by atoms with Gasteiger partial charge in [0.15, 0.2) is 0 Å².